The highest BCUT2D eigenvalue weighted by atomic mass is 15.3. The van der Waals surface area contributed by atoms with Crippen molar-refractivity contribution in [2.24, 2.45) is 0 Å². The average Bonchev–Trinajstić information content (AvgIpc) is 2.84. The summed E-state index contributed by atoms with van der Waals surface area (Å²) < 4.78 is 1.97. The molecule has 2 rings (SSSR count). The summed E-state index contributed by atoms with van der Waals surface area (Å²) in [6, 6.07) is 6.34. The van der Waals surface area contributed by atoms with Crippen molar-refractivity contribution in [3.63, 3.8) is 0 Å². The maximum atomic E-state index is 4.68. The predicted octanol–water partition coefficient (Wildman–Crippen LogP) is 2.42. The lowest BCUT2D eigenvalue weighted by atomic mass is 10.2. The van der Waals surface area contributed by atoms with Crippen LogP contribution in [0, 0.1) is 6.92 Å². The van der Waals surface area contributed by atoms with E-state index in [2.05, 4.69) is 41.4 Å². The number of hydrogen-bond acceptors (Lipinski definition) is 3. The number of aryl methyl sites for hydroxylation is 3. The van der Waals surface area contributed by atoms with Gasteiger partial charge in [0.15, 0.2) is 5.82 Å². The average molecular weight is 258 g/mol. The van der Waals surface area contributed by atoms with Gasteiger partial charge in [-0.1, -0.05) is 19.9 Å². The second kappa shape index (κ2) is 5.97. The summed E-state index contributed by atoms with van der Waals surface area (Å²) in [7, 11) is 1.95. The van der Waals surface area contributed by atoms with Crippen molar-refractivity contribution in [1.82, 2.24) is 20.1 Å². The van der Waals surface area contributed by atoms with Crippen molar-refractivity contribution in [2.45, 2.75) is 40.2 Å². The van der Waals surface area contributed by atoms with Gasteiger partial charge in [-0.05, 0) is 44.5 Å². The molecule has 4 nitrogen and oxygen atoms in total. The van der Waals surface area contributed by atoms with Gasteiger partial charge in [-0.25, -0.2) is 9.67 Å². The number of nitrogens with one attached hydrogen (secondary N) is 1. The van der Waals surface area contributed by atoms with Crippen LogP contribution in [0.15, 0.2) is 18.2 Å². The Morgan fingerprint density at radius 1 is 1.21 bits per heavy atom. The third kappa shape index (κ3) is 2.84. The van der Waals surface area contributed by atoms with E-state index in [4.69, 9.17) is 0 Å². The Balaban J connectivity index is 2.41. The van der Waals surface area contributed by atoms with Gasteiger partial charge in [0.1, 0.15) is 0 Å². The van der Waals surface area contributed by atoms with Crippen LogP contribution in [-0.2, 0) is 19.4 Å². The molecule has 0 aliphatic rings. The van der Waals surface area contributed by atoms with Gasteiger partial charge in [0.25, 0.3) is 0 Å². The summed E-state index contributed by atoms with van der Waals surface area (Å²) in [5.74, 6) is 0.911. The molecular formula is C15H22N4. The Morgan fingerprint density at radius 2 is 2.00 bits per heavy atom. The Bertz CT molecular complexity index is 557. The molecule has 1 N–H and O–H groups in total. The van der Waals surface area contributed by atoms with Crippen LogP contribution in [0.25, 0.3) is 5.82 Å². The summed E-state index contributed by atoms with van der Waals surface area (Å²) in [6.07, 6.45) is 1.92. The molecule has 0 saturated heterocycles. The summed E-state index contributed by atoms with van der Waals surface area (Å²) in [6.45, 7) is 7.17. The van der Waals surface area contributed by atoms with Crippen LogP contribution in [0.4, 0.5) is 0 Å². The van der Waals surface area contributed by atoms with Crippen LogP contribution in [0.1, 0.15) is 36.5 Å². The van der Waals surface area contributed by atoms with Crippen molar-refractivity contribution in [2.75, 3.05) is 7.05 Å². The molecule has 19 heavy (non-hydrogen) atoms. The number of hydrogen-bond donors (Lipinski definition) is 1. The molecular weight excluding hydrogens is 236 g/mol. The van der Waals surface area contributed by atoms with Gasteiger partial charge in [-0.2, -0.15) is 5.10 Å². The molecule has 2 aromatic rings. The molecule has 0 aliphatic heterocycles. The Kier molecular flexibility index (Phi) is 4.32. The normalized spacial score (nSPS) is 10.9. The topological polar surface area (TPSA) is 42.7 Å². The second-order valence-electron chi connectivity index (χ2n) is 4.69. The van der Waals surface area contributed by atoms with Crippen LogP contribution >= 0.6 is 0 Å². The molecule has 0 atom stereocenters. The quantitative estimate of drug-likeness (QED) is 0.895. The summed E-state index contributed by atoms with van der Waals surface area (Å²) in [5, 5.41) is 7.78. The molecule has 0 fully saturated rings. The zero-order chi connectivity index (χ0) is 13.8. The van der Waals surface area contributed by atoms with Crippen LogP contribution < -0.4 is 5.32 Å². The highest BCUT2D eigenvalue weighted by Crippen LogP contribution is 2.14. The molecule has 2 aromatic heterocycles. The van der Waals surface area contributed by atoms with E-state index < -0.39 is 0 Å². The zero-order valence-electron chi connectivity index (χ0n) is 12.2. The highest BCUT2D eigenvalue weighted by Gasteiger charge is 2.09. The lowest BCUT2D eigenvalue weighted by molar-refractivity contribution is 0.757. The molecule has 102 valence electrons. The predicted molar refractivity (Wildman–Crippen MR) is 77.6 cm³/mol. The third-order valence-electron chi connectivity index (χ3n) is 3.32. The lowest BCUT2D eigenvalue weighted by Gasteiger charge is -2.09. The minimum atomic E-state index is 0.846. The van der Waals surface area contributed by atoms with Gasteiger partial charge < -0.3 is 5.32 Å². The molecule has 0 amide bonds. The van der Waals surface area contributed by atoms with Crippen molar-refractivity contribution < 1.29 is 0 Å². The van der Waals surface area contributed by atoms with Crippen molar-refractivity contribution in [3.8, 4) is 5.82 Å². The zero-order valence-corrected chi connectivity index (χ0v) is 12.2. The van der Waals surface area contributed by atoms with Gasteiger partial charge >= 0.3 is 0 Å². The molecule has 0 saturated carbocycles. The van der Waals surface area contributed by atoms with Crippen LogP contribution in [-0.4, -0.2) is 21.8 Å². The molecule has 0 aliphatic carbocycles. The monoisotopic (exact) mass is 258 g/mol. The van der Waals surface area contributed by atoms with E-state index in [1.165, 1.54) is 11.3 Å². The first-order valence-electron chi connectivity index (χ1n) is 6.88. The third-order valence-corrected chi connectivity index (χ3v) is 3.32. The lowest BCUT2D eigenvalue weighted by Crippen LogP contribution is -2.10. The summed E-state index contributed by atoms with van der Waals surface area (Å²) in [5.41, 5.74) is 4.62. The number of pyridine rings is 1. The first-order chi connectivity index (χ1) is 9.19. The smallest absolute Gasteiger partial charge is 0.153 e. The number of aromatic nitrogens is 3. The van der Waals surface area contributed by atoms with Gasteiger partial charge in [0.05, 0.1) is 5.69 Å². The van der Waals surface area contributed by atoms with Crippen molar-refractivity contribution >= 4 is 0 Å². The maximum Gasteiger partial charge on any atom is 0.153 e. The summed E-state index contributed by atoms with van der Waals surface area (Å²) in [4.78, 5) is 4.68. The van der Waals surface area contributed by atoms with Crippen LogP contribution in [0.5, 0.6) is 0 Å². The molecule has 0 aromatic carbocycles. The van der Waals surface area contributed by atoms with E-state index in [1.807, 2.05) is 24.7 Å². The Labute approximate surface area is 114 Å². The largest absolute Gasteiger partial charge is 0.316 e. The van der Waals surface area contributed by atoms with Crippen molar-refractivity contribution in [1.29, 1.82) is 0 Å². The van der Waals surface area contributed by atoms with E-state index in [9.17, 15) is 0 Å². The van der Waals surface area contributed by atoms with E-state index >= 15 is 0 Å². The standard InChI is InChI=1S/C15H22N4/c1-5-13-9-14(6-2)19(18-13)15-8-7-12(10-16-4)11(3)17-15/h7-9,16H,5-6,10H2,1-4H3. The SMILES string of the molecule is CCc1cc(CC)n(-c2ccc(CNC)c(C)n2)n1. The first kappa shape index (κ1) is 13.7. The fourth-order valence-electron chi connectivity index (χ4n) is 2.17. The highest BCUT2D eigenvalue weighted by molar-refractivity contribution is 5.32. The second-order valence-corrected chi connectivity index (χ2v) is 4.69. The van der Waals surface area contributed by atoms with Crippen molar-refractivity contribution in [3.05, 3.63) is 40.8 Å². The number of rotatable bonds is 5. The minimum absolute atomic E-state index is 0.846. The Hall–Kier alpha value is -1.68. The maximum absolute atomic E-state index is 4.68. The van der Waals surface area contributed by atoms with Gasteiger partial charge in [-0.3, -0.25) is 0 Å². The van der Waals surface area contributed by atoms with E-state index in [-0.39, 0.29) is 0 Å². The van der Waals surface area contributed by atoms with E-state index in [0.29, 0.717) is 0 Å². The molecule has 0 unspecified atom stereocenters. The van der Waals surface area contributed by atoms with Crippen LogP contribution in [0.3, 0.4) is 0 Å². The van der Waals surface area contributed by atoms with Crippen LogP contribution in [0.2, 0.25) is 0 Å². The fraction of sp³-hybridized carbons (Fsp3) is 0.467. The van der Waals surface area contributed by atoms with Gasteiger partial charge in [0.2, 0.25) is 0 Å². The minimum Gasteiger partial charge on any atom is -0.316 e. The molecule has 0 bridgehead atoms. The van der Waals surface area contributed by atoms with E-state index in [1.54, 1.807) is 0 Å². The summed E-state index contributed by atoms with van der Waals surface area (Å²) >= 11 is 0. The molecule has 4 heteroatoms. The first-order valence-corrected chi connectivity index (χ1v) is 6.88. The van der Waals surface area contributed by atoms with Gasteiger partial charge in [-0.15, -0.1) is 0 Å². The van der Waals surface area contributed by atoms with Gasteiger partial charge in [0, 0.05) is 17.9 Å². The Morgan fingerprint density at radius 3 is 2.58 bits per heavy atom. The van der Waals surface area contributed by atoms with E-state index in [0.717, 1.165) is 36.6 Å². The number of nitrogens with zero attached hydrogens (tertiary/aromatic N) is 3. The molecule has 2 heterocycles. The molecule has 0 radical (unpaired) electrons. The fourth-order valence-corrected chi connectivity index (χ4v) is 2.17. The molecule has 0 spiro atoms.